The van der Waals surface area contributed by atoms with E-state index in [4.69, 9.17) is 9.47 Å². The van der Waals surface area contributed by atoms with Crippen molar-refractivity contribution in [3.05, 3.63) is 107 Å². The molecule has 0 radical (unpaired) electrons. The Morgan fingerprint density at radius 2 is 1.67 bits per heavy atom. The molecule has 0 aliphatic carbocycles. The van der Waals surface area contributed by atoms with Crippen molar-refractivity contribution in [1.29, 1.82) is 0 Å². The van der Waals surface area contributed by atoms with Crippen LogP contribution in [0.15, 0.2) is 79.1 Å². The molecule has 3 heteroatoms. The summed E-state index contributed by atoms with van der Waals surface area (Å²) in [5.74, 6) is 1.89. The number of ether oxygens (including phenoxy) is 2. The first kappa shape index (κ1) is 19.7. The topological polar surface area (TPSA) is 35.5 Å². The highest BCUT2D eigenvalue weighted by Gasteiger charge is 2.27. The fourth-order valence-corrected chi connectivity index (χ4v) is 3.30. The number of hydrogen-bond donors (Lipinski definition) is 0. The molecule has 0 bridgehead atoms. The molecule has 0 saturated carbocycles. The number of carbonyl (C=O) groups excluding carboxylic acids is 1. The summed E-state index contributed by atoms with van der Waals surface area (Å²) in [4.78, 5) is 12.7. The zero-order chi connectivity index (χ0) is 21.1. The van der Waals surface area contributed by atoms with Crippen LogP contribution in [0.4, 0.5) is 0 Å². The summed E-state index contributed by atoms with van der Waals surface area (Å²) < 4.78 is 11.7. The molecule has 0 fully saturated rings. The minimum Gasteiger partial charge on any atom is -0.489 e. The normalized spacial score (nSPS) is 14.0. The van der Waals surface area contributed by atoms with Gasteiger partial charge in [-0.3, -0.25) is 4.79 Å². The Hall–Kier alpha value is -3.59. The van der Waals surface area contributed by atoms with E-state index in [-0.39, 0.29) is 5.78 Å². The highest BCUT2D eigenvalue weighted by molar-refractivity contribution is 6.14. The number of benzene rings is 3. The molecule has 150 valence electrons. The van der Waals surface area contributed by atoms with Gasteiger partial charge < -0.3 is 9.47 Å². The molecule has 0 aromatic heterocycles. The average molecular weight is 396 g/mol. The molecule has 0 atom stereocenters. The molecule has 3 aromatic carbocycles. The van der Waals surface area contributed by atoms with E-state index < -0.39 is 0 Å². The van der Waals surface area contributed by atoms with Gasteiger partial charge in [-0.1, -0.05) is 75.0 Å². The van der Waals surface area contributed by atoms with E-state index in [1.165, 1.54) is 5.56 Å². The van der Waals surface area contributed by atoms with Gasteiger partial charge in [0, 0.05) is 6.07 Å². The van der Waals surface area contributed by atoms with Crippen molar-refractivity contribution in [2.75, 3.05) is 0 Å². The van der Waals surface area contributed by atoms with Gasteiger partial charge in [-0.15, -0.1) is 0 Å². The van der Waals surface area contributed by atoms with Crippen LogP contribution < -0.4 is 9.47 Å². The maximum absolute atomic E-state index is 12.7. The van der Waals surface area contributed by atoms with E-state index in [0.717, 1.165) is 16.7 Å². The minimum atomic E-state index is -0.107. The lowest BCUT2D eigenvalue weighted by molar-refractivity contribution is 0.101. The predicted octanol–water partition coefficient (Wildman–Crippen LogP) is 6.65. The summed E-state index contributed by atoms with van der Waals surface area (Å²) in [6.07, 6.45) is 3.59. The maximum Gasteiger partial charge on any atom is 0.231 e. The summed E-state index contributed by atoms with van der Waals surface area (Å²) in [6, 6.07) is 21.5. The Balaban J connectivity index is 1.47. The third-order valence-corrected chi connectivity index (χ3v) is 5.16. The Kier molecular flexibility index (Phi) is 5.53. The lowest BCUT2D eigenvalue weighted by Gasteiger charge is -2.08. The van der Waals surface area contributed by atoms with E-state index in [1.807, 2.05) is 42.5 Å². The molecular weight excluding hydrogens is 372 g/mol. The zero-order valence-corrected chi connectivity index (χ0v) is 17.2. The monoisotopic (exact) mass is 396 g/mol. The van der Waals surface area contributed by atoms with Gasteiger partial charge in [0.1, 0.15) is 18.1 Å². The molecule has 0 unspecified atom stereocenters. The molecule has 1 aliphatic rings. The standard InChI is InChI=1S/C27H24O3/c1-4-19-5-7-21(8-6-19)17-29-23-13-14-24-25(16-23)30-26(27(24)28)15-20-9-11-22(12-10-20)18(2)3/h4-16,18H,1,17H2,2-3H3/b26-15-. The highest BCUT2D eigenvalue weighted by atomic mass is 16.5. The number of ketones is 1. The third-order valence-electron chi connectivity index (χ3n) is 5.16. The van der Waals surface area contributed by atoms with Crippen LogP contribution in [0.3, 0.4) is 0 Å². The van der Waals surface area contributed by atoms with Gasteiger partial charge in [-0.2, -0.15) is 0 Å². The van der Waals surface area contributed by atoms with Crippen molar-refractivity contribution in [2.45, 2.75) is 26.4 Å². The molecular formula is C27H24O3. The van der Waals surface area contributed by atoms with E-state index in [2.05, 4.69) is 32.6 Å². The Morgan fingerprint density at radius 1 is 0.967 bits per heavy atom. The van der Waals surface area contributed by atoms with Gasteiger partial charge >= 0.3 is 0 Å². The van der Waals surface area contributed by atoms with E-state index in [9.17, 15) is 4.79 Å². The molecule has 0 saturated heterocycles. The molecule has 1 aliphatic heterocycles. The van der Waals surface area contributed by atoms with Crippen LogP contribution in [0.5, 0.6) is 11.5 Å². The number of rotatable bonds is 6. The lowest BCUT2D eigenvalue weighted by Crippen LogP contribution is -1.98. The van der Waals surface area contributed by atoms with Gasteiger partial charge in [-0.05, 0) is 46.4 Å². The van der Waals surface area contributed by atoms with E-state index >= 15 is 0 Å². The van der Waals surface area contributed by atoms with Crippen LogP contribution >= 0.6 is 0 Å². The van der Waals surface area contributed by atoms with Crippen molar-refractivity contribution in [2.24, 2.45) is 0 Å². The number of carbonyl (C=O) groups is 1. The summed E-state index contributed by atoms with van der Waals surface area (Å²) in [7, 11) is 0. The molecule has 0 amide bonds. The Bertz CT molecular complexity index is 1100. The lowest BCUT2D eigenvalue weighted by atomic mass is 10.0. The first-order valence-corrected chi connectivity index (χ1v) is 10.1. The van der Waals surface area contributed by atoms with E-state index in [0.29, 0.717) is 35.3 Å². The number of hydrogen-bond acceptors (Lipinski definition) is 3. The second kappa shape index (κ2) is 8.42. The summed E-state index contributed by atoms with van der Waals surface area (Å²) in [6.45, 7) is 8.51. The van der Waals surface area contributed by atoms with Gasteiger partial charge in [0.15, 0.2) is 5.76 Å². The van der Waals surface area contributed by atoms with Crippen LogP contribution in [0.1, 0.15) is 52.4 Å². The van der Waals surface area contributed by atoms with Crippen LogP contribution in [0.25, 0.3) is 12.2 Å². The first-order chi connectivity index (χ1) is 14.5. The number of Topliss-reactive ketones (excluding diaryl/α,β-unsaturated/α-hetero) is 1. The van der Waals surface area contributed by atoms with Crippen molar-refractivity contribution in [3.8, 4) is 11.5 Å². The number of allylic oxidation sites excluding steroid dienone is 1. The van der Waals surface area contributed by atoms with Gasteiger partial charge in [0.05, 0.1) is 5.56 Å². The fraction of sp³-hybridized carbons (Fsp3) is 0.148. The summed E-state index contributed by atoms with van der Waals surface area (Å²) >= 11 is 0. The largest absolute Gasteiger partial charge is 0.489 e. The average Bonchev–Trinajstić information content (AvgIpc) is 3.07. The Morgan fingerprint density at radius 3 is 2.33 bits per heavy atom. The minimum absolute atomic E-state index is 0.107. The van der Waals surface area contributed by atoms with Crippen LogP contribution in [-0.4, -0.2) is 5.78 Å². The quantitative estimate of drug-likeness (QED) is 0.438. The molecule has 0 spiro atoms. The zero-order valence-electron chi connectivity index (χ0n) is 17.2. The highest BCUT2D eigenvalue weighted by Crippen LogP contribution is 2.35. The van der Waals surface area contributed by atoms with Gasteiger partial charge in [0.25, 0.3) is 0 Å². The molecule has 4 rings (SSSR count). The second-order valence-electron chi connectivity index (χ2n) is 7.65. The van der Waals surface area contributed by atoms with E-state index in [1.54, 1.807) is 24.3 Å². The first-order valence-electron chi connectivity index (χ1n) is 10.1. The molecule has 3 aromatic rings. The maximum atomic E-state index is 12.7. The summed E-state index contributed by atoms with van der Waals surface area (Å²) in [5.41, 5.74) is 4.89. The van der Waals surface area contributed by atoms with Crippen molar-refractivity contribution in [3.63, 3.8) is 0 Å². The van der Waals surface area contributed by atoms with Crippen LogP contribution in [0.2, 0.25) is 0 Å². The second-order valence-corrected chi connectivity index (χ2v) is 7.65. The Labute approximate surface area is 177 Å². The van der Waals surface area contributed by atoms with Crippen molar-refractivity contribution < 1.29 is 14.3 Å². The number of fused-ring (bicyclic) bond motifs is 1. The fourth-order valence-electron chi connectivity index (χ4n) is 3.30. The molecule has 1 heterocycles. The molecule has 0 N–H and O–H groups in total. The van der Waals surface area contributed by atoms with Crippen molar-refractivity contribution in [1.82, 2.24) is 0 Å². The molecule has 3 nitrogen and oxygen atoms in total. The smallest absolute Gasteiger partial charge is 0.231 e. The van der Waals surface area contributed by atoms with Crippen LogP contribution in [-0.2, 0) is 6.61 Å². The predicted molar refractivity (Wildman–Crippen MR) is 121 cm³/mol. The SMILES string of the molecule is C=Cc1ccc(COc2ccc3c(c2)O/C(=C\c2ccc(C(C)C)cc2)C3=O)cc1. The molecule has 30 heavy (non-hydrogen) atoms. The van der Waals surface area contributed by atoms with Gasteiger partial charge in [0.2, 0.25) is 5.78 Å². The van der Waals surface area contributed by atoms with Gasteiger partial charge in [-0.25, -0.2) is 0 Å². The third kappa shape index (κ3) is 4.20. The van der Waals surface area contributed by atoms with Crippen LogP contribution in [0, 0.1) is 0 Å². The summed E-state index contributed by atoms with van der Waals surface area (Å²) in [5, 5.41) is 0. The van der Waals surface area contributed by atoms with Crippen molar-refractivity contribution >= 4 is 17.9 Å².